The van der Waals surface area contributed by atoms with Crippen LogP contribution in [0, 0.1) is 11.3 Å². The number of fused-ring (bicyclic) bond motifs is 1. The molecule has 1 unspecified atom stereocenters. The van der Waals surface area contributed by atoms with Gasteiger partial charge < -0.3 is 10.5 Å². The van der Waals surface area contributed by atoms with Crippen molar-refractivity contribution in [1.29, 1.82) is 5.26 Å². The number of nitrogens with one attached hydrogen (secondary N) is 1. The maximum Gasteiger partial charge on any atom is 0.244 e. The molecule has 3 aromatic rings. The number of rotatable bonds is 3. The fourth-order valence-corrected chi connectivity index (χ4v) is 3.54. The van der Waals surface area contributed by atoms with Gasteiger partial charge in [-0.1, -0.05) is 68.4 Å². The molecule has 1 aliphatic rings. The van der Waals surface area contributed by atoms with E-state index in [0.29, 0.717) is 11.5 Å². The van der Waals surface area contributed by atoms with Gasteiger partial charge in [0, 0.05) is 5.69 Å². The van der Waals surface area contributed by atoms with Crippen LogP contribution in [0.3, 0.4) is 0 Å². The van der Waals surface area contributed by atoms with E-state index in [2.05, 4.69) is 54.4 Å². The number of aromatic amines is 1. The molecule has 0 bridgehead atoms. The predicted molar refractivity (Wildman–Crippen MR) is 104 cm³/mol. The molecular weight excluding hydrogens is 336 g/mol. The van der Waals surface area contributed by atoms with E-state index in [1.54, 1.807) is 0 Å². The molecule has 1 atom stereocenters. The average Bonchev–Trinajstić information content (AvgIpc) is 3.11. The molecule has 0 fully saturated rings. The Bertz CT molecular complexity index is 1040. The van der Waals surface area contributed by atoms with Crippen LogP contribution in [0.2, 0.25) is 0 Å². The first-order chi connectivity index (χ1) is 13.1. The standard InChI is InChI=1S/C22H20N4O/c1-13(2)20-19-18(17(12-23)21(24)27-22(19)26-25-20)16-10-8-15(9-11-16)14-6-4-3-5-7-14/h3-11,13,18H,24H2,1-2H3,(H,25,26). The summed E-state index contributed by atoms with van der Waals surface area (Å²) in [5.74, 6) is 0.492. The van der Waals surface area contributed by atoms with E-state index in [1.807, 2.05) is 30.3 Å². The number of nitrogens with zero attached hydrogens (tertiary/aromatic N) is 2. The maximum atomic E-state index is 9.72. The number of aromatic nitrogens is 2. The molecule has 2 aromatic carbocycles. The number of nitriles is 1. The molecule has 0 saturated carbocycles. The van der Waals surface area contributed by atoms with Crippen molar-refractivity contribution >= 4 is 0 Å². The molecule has 1 aromatic heterocycles. The summed E-state index contributed by atoms with van der Waals surface area (Å²) in [5.41, 5.74) is 11.5. The van der Waals surface area contributed by atoms with Gasteiger partial charge in [0.2, 0.25) is 11.8 Å². The first-order valence-electron chi connectivity index (χ1n) is 8.91. The van der Waals surface area contributed by atoms with Gasteiger partial charge in [-0.25, -0.2) is 0 Å². The lowest BCUT2D eigenvalue weighted by Gasteiger charge is -2.25. The Morgan fingerprint density at radius 3 is 2.37 bits per heavy atom. The van der Waals surface area contributed by atoms with Crippen LogP contribution in [-0.2, 0) is 0 Å². The Morgan fingerprint density at radius 2 is 1.74 bits per heavy atom. The summed E-state index contributed by atoms with van der Waals surface area (Å²) in [4.78, 5) is 0. The van der Waals surface area contributed by atoms with Crippen LogP contribution in [-0.4, -0.2) is 10.2 Å². The molecule has 1 aliphatic heterocycles. The van der Waals surface area contributed by atoms with E-state index < -0.39 is 0 Å². The van der Waals surface area contributed by atoms with Crippen molar-refractivity contribution in [2.75, 3.05) is 0 Å². The first kappa shape index (κ1) is 16.9. The zero-order valence-electron chi connectivity index (χ0n) is 15.2. The van der Waals surface area contributed by atoms with Gasteiger partial charge in [-0.15, -0.1) is 5.10 Å². The van der Waals surface area contributed by atoms with E-state index in [9.17, 15) is 5.26 Å². The molecule has 4 rings (SSSR count). The van der Waals surface area contributed by atoms with Gasteiger partial charge in [-0.3, -0.25) is 5.10 Å². The molecule has 0 amide bonds. The quantitative estimate of drug-likeness (QED) is 0.727. The van der Waals surface area contributed by atoms with Crippen LogP contribution < -0.4 is 10.5 Å². The molecule has 2 heterocycles. The lowest BCUT2D eigenvalue weighted by atomic mass is 9.82. The van der Waals surface area contributed by atoms with Crippen molar-refractivity contribution in [3.05, 3.63) is 82.9 Å². The van der Waals surface area contributed by atoms with E-state index in [1.165, 1.54) is 0 Å². The second-order valence-electron chi connectivity index (χ2n) is 6.92. The van der Waals surface area contributed by atoms with Crippen LogP contribution in [0.25, 0.3) is 11.1 Å². The monoisotopic (exact) mass is 356 g/mol. The second-order valence-corrected chi connectivity index (χ2v) is 6.92. The summed E-state index contributed by atoms with van der Waals surface area (Å²) in [7, 11) is 0. The van der Waals surface area contributed by atoms with Gasteiger partial charge >= 0.3 is 0 Å². The van der Waals surface area contributed by atoms with Gasteiger partial charge in [-0.05, 0) is 22.6 Å². The third-order valence-corrected chi connectivity index (χ3v) is 4.90. The highest BCUT2D eigenvalue weighted by atomic mass is 16.5. The Morgan fingerprint density at radius 1 is 1.07 bits per heavy atom. The number of ether oxygens (including phenoxy) is 1. The molecule has 5 heteroatoms. The molecule has 5 nitrogen and oxygen atoms in total. The van der Waals surface area contributed by atoms with Crippen LogP contribution in [0.4, 0.5) is 0 Å². The highest BCUT2D eigenvalue weighted by Crippen LogP contribution is 2.44. The lowest BCUT2D eigenvalue weighted by molar-refractivity contribution is 0.378. The average molecular weight is 356 g/mol. The molecule has 0 aliphatic carbocycles. The first-order valence-corrected chi connectivity index (χ1v) is 8.91. The summed E-state index contributed by atoms with van der Waals surface area (Å²) in [6, 6.07) is 20.7. The SMILES string of the molecule is CC(C)c1[nH]nc2c1C(c1ccc(-c3ccccc3)cc1)C(C#N)=C(N)O2. The fraction of sp³-hybridized carbons (Fsp3) is 0.182. The fourth-order valence-electron chi connectivity index (χ4n) is 3.54. The van der Waals surface area contributed by atoms with Crippen LogP contribution >= 0.6 is 0 Å². The van der Waals surface area contributed by atoms with Gasteiger partial charge in [0.1, 0.15) is 11.6 Å². The summed E-state index contributed by atoms with van der Waals surface area (Å²) in [6.07, 6.45) is 0. The summed E-state index contributed by atoms with van der Waals surface area (Å²) >= 11 is 0. The maximum absolute atomic E-state index is 9.72. The highest BCUT2D eigenvalue weighted by Gasteiger charge is 2.35. The van der Waals surface area contributed by atoms with Crippen LogP contribution in [0.15, 0.2) is 66.1 Å². The summed E-state index contributed by atoms with van der Waals surface area (Å²) < 4.78 is 5.60. The van der Waals surface area contributed by atoms with Gasteiger partial charge in [0.05, 0.1) is 11.5 Å². The predicted octanol–water partition coefficient (Wildman–Crippen LogP) is 4.42. The van der Waals surface area contributed by atoms with Crippen LogP contribution in [0.5, 0.6) is 5.88 Å². The highest BCUT2D eigenvalue weighted by molar-refractivity contribution is 5.65. The zero-order chi connectivity index (χ0) is 19.0. The van der Waals surface area contributed by atoms with E-state index in [4.69, 9.17) is 10.5 Å². The van der Waals surface area contributed by atoms with Crippen molar-refractivity contribution < 1.29 is 4.74 Å². The molecule has 0 saturated heterocycles. The third-order valence-electron chi connectivity index (χ3n) is 4.90. The Kier molecular flexibility index (Phi) is 4.17. The Hall–Kier alpha value is -3.52. The van der Waals surface area contributed by atoms with Gasteiger partial charge in [0.25, 0.3) is 0 Å². The van der Waals surface area contributed by atoms with Crippen molar-refractivity contribution in [3.63, 3.8) is 0 Å². The second kappa shape index (κ2) is 6.65. The van der Waals surface area contributed by atoms with Crippen LogP contribution in [0.1, 0.15) is 42.5 Å². The third kappa shape index (κ3) is 2.85. The topological polar surface area (TPSA) is 87.7 Å². The zero-order valence-corrected chi connectivity index (χ0v) is 15.2. The molecule has 3 N–H and O–H groups in total. The number of hydrogen-bond donors (Lipinski definition) is 2. The molecule has 27 heavy (non-hydrogen) atoms. The number of H-pyrrole nitrogens is 1. The van der Waals surface area contributed by atoms with E-state index >= 15 is 0 Å². The lowest BCUT2D eigenvalue weighted by Crippen LogP contribution is -2.21. The Balaban J connectivity index is 1.82. The minimum Gasteiger partial charge on any atom is -0.420 e. The minimum atomic E-state index is -0.292. The number of allylic oxidation sites excluding steroid dienone is 1. The van der Waals surface area contributed by atoms with Crippen molar-refractivity contribution in [2.24, 2.45) is 5.73 Å². The van der Waals surface area contributed by atoms with Crippen molar-refractivity contribution in [2.45, 2.75) is 25.7 Å². The largest absolute Gasteiger partial charge is 0.420 e. The molecule has 0 radical (unpaired) electrons. The number of hydrogen-bond acceptors (Lipinski definition) is 4. The van der Waals surface area contributed by atoms with Gasteiger partial charge in [-0.2, -0.15) is 5.26 Å². The number of benzene rings is 2. The smallest absolute Gasteiger partial charge is 0.244 e. The van der Waals surface area contributed by atoms with Gasteiger partial charge in [0.15, 0.2) is 0 Å². The van der Waals surface area contributed by atoms with E-state index in [-0.39, 0.29) is 17.7 Å². The van der Waals surface area contributed by atoms with Crippen molar-refractivity contribution in [3.8, 4) is 23.1 Å². The molecule has 0 spiro atoms. The van der Waals surface area contributed by atoms with E-state index in [0.717, 1.165) is 27.9 Å². The molecular formula is C22H20N4O. The molecule has 134 valence electrons. The number of nitrogens with two attached hydrogens (primary N) is 1. The Labute approximate surface area is 158 Å². The summed E-state index contributed by atoms with van der Waals surface area (Å²) in [5, 5.41) is 17.0. The van der Waals surface area contributed by atoms with Crippen molar-refractivity contribution in [1.82, 2.24) is 10.2 Å². The summed E-state index contributed by atoms with van der Waals surface area (Å²) in [6.45, 7) is 4.16. The minimum absolute atomic E-state index is 0.115. The normalized spacial score (nSPS) is 16.0.